The highest BCUT2D eigenvalue weighted by Crippen LogP contribution is 2.28. The Bertz CT molecular complexity index is 223. The first kappa shape index (κ1) is 11.3. The summed E-state index contributed by atoms with van der Waals surface area (Å²) in [6.45, 7) is 2.05. The molecule has 2 aliphatic rings. The average molecular weight is 220 g/mol. The molecule has 2 saturated heterocycles. The van der Waals surface area contributed by atoms with Gasteiger partial charge in [-0.25, -0.2) is 0 Å². The molecule has 0 aliphatic carbocycles. The number of ether oxygens (including phenoxy) is 4. The normalized spacial score (nSPS) is 51.2. The molecule has 0 spiro atoms. The summed E-state index contributed by atoms with van der Waals surface area (Å²) in [7, 11) is 1.41. The van der Waals surface area contributed by atoms with E-state index < -0.39 is 30.7 Å². The van der Waals surface area contributed by atoms with Gasteiger partial charge in [0.2, 0.25) is 0 Å². The molecule has 2 heterocycles. The fourth-order valence-corrected chi connectivity index (χ4v) is 1.96. The third-order valence-corrected chi connectivity index (χ3v) is 2.75. The van der Waals surface area contributed by atoms with Gasteiger partial charge < -0.3 is 29.2 Å². The van der Waals surface area contributed by atoms with Crippen molar-refractivity contribution in [2.75, 3.05) is 13.7 Å². The molecule has 0 bridgehead atoms. The second-order valence-electron chi connectivity index (χ2n) is 3.76. The van der Waals surface area contributed by atoms with Crippen LogP contribution in [0.15, 0.2) is 0 Å². The number of fused-ring (bicyclic) bond motifs is 1. The minimum absolute atomic E-state index is 0.302. The summed E-state index contributed by atoms with van der Waals surface area (Å²) in [6.07, 6.45) is -4.17. The maximum atomic E-state index is 9.91. The van der Waals surface area contributed by atoms with Crippen molar-refractivity contribution in [3.05, 3.63) is 0 Å². The summed E-state index contributed by atoms with van der Waals surface area (Å²) in [6, 6.07) is 0. The summed E-state index contributed by atoms with van der Waals surface area (Å²) < 4.78 is 20.8. The Morgan fingerprint density at radius 3 is 2.67 bits per heavy atom. The summed E-state index contributed by atoms with van der Waals surface area (Å²) >= 11 is 0. The smallest absolute Gasteiger partial charge is 0.184 e. The zero-order chi connectivity index (χ0) is 11.0. The van der Waals surface area contributed by atoms with Gasteiger partial charge in [-0.3, -0.25) is 0 Å². The lowest BCUT2D eigenvalue weighted by Crippen LogP contribution is -2.62. The zero-order valence-corrected chi connectivity index (χ0v) is 8.70. The van der Waals surface area contributed by atoms with Crippen LogP contribution in [0.4, 0.5) is 0 Å². The van der Waals surface area contributed by atoms with Gasteiger partial charge in [-0.15, -0.1) is 0 Å². The number of hydrogen-bond acceptors (Lipinski definition) is 6. The summed E-state index contributed by atoms with van der Waals surface area (Å²) in [4.78, 5) is 0. The lowest BCUT2D eigenvalue weighted by atomic mass is 9.98. The highest BCUT2D eigenvalue weighted by Gasteiger charge is 2.48. The minimum Gasteiger partial charge on any atom is -0.387 e. The van der Waals surface area contributed by atoms with Crippen LogP contribution < -0.4 is 0 Å². The van der Waals surface area contributed by atoms with Crippen molar-refractivity contribution < 1.29 is 29.2 Å². The second kappa shape index (κ2) is 4.32. The number of hydrogen-bond donors (Lipinski definition) is 2. The van der Waals surface area contributed by atoms with Gasteiger partial charge in [-0.05, 0) is 6.92 Å². The van der Waals surface area contributed by atoms with Gasteiger partial charge in [0.05, 0.1) is 6.61 Å². The Morgan fingerprint density at radius 2 is 2.00 bits per heavy atom. The van der Waals surface area contributed by atoms with Crippen LogP contribution >= 0.6 is 0 Å². The van der Waals surface area contributed by atoms with Crippen LogP contribution in [-0.2, 0) is 18.9 Å². The first-order valence-electron chi connectivity index (χ1n) is 4.95. The van der Waals surface area contributed by atoms with Crippen LogP contribution in [0.25, 0.3) is 0 Å². The monoisotopic (exact) mass is 220 g/mol. The maximum absolute atomic E-state index is 9.91. The van der Waals surface area contributed by atoms with Gasteiger partial charge in [0.1, 0.15) is 24.4 Å². The predicted octanol–water partition coefficient (Wildman–Crippen LogP) is -1.16. The summed E-state index contributed by atoms with van der Waals surface area (Å²) in [5.41, 5.74) is 0. The Labute approximate surface area is 87.7 Å². The number of aliphatic hydroxyl groups excluding tert-OH is 2. The van der Waals surface area contributed by atoms with E-state index in [4.69, 9.17) is 18.9 Å². The van der Waals surface area contributed by atoms with Crippen molar-refractivity contribution in [2.24, 2.45) is 0 Å². The van der Waals surface area contributed by atoms with Crippen molar-refractivity contribution in [3.63, 3.8) is 0 Å². The zero-order valence-electron chi connectivity index (χ0n) is 8.70. The Morgan fingerprint density at radius 1 is 1.27 bits per heavy atom. The molecule has 88 valence electrons. The molecule has 6 heteroatoms. The van der Waals surface area contributed by atoms with E-state index in [1.807, 2.05) is 0 Å². The van der Waals surface area contributed by atoms with Crippen molar-refractivity contribution in [1.82, 2.24) is 0 Å². The molecule has 2 aliphatic heterocycles. The first-order valence-corrected chi connectivity index (χ1v) is 4.95. The van der Waals surface area contributed by atoms with E-state index >= 15 is 0 Å². The van der Waals surface area contributed by atoms with Gasteiger partial charge >= 0.3 is 0 Å². The molecule has 0 amide bonds. The Balaban J connectivity index is 2.09. The molecule has 2 fully saturated rings. The maximum Gasteiger partial charge on any atom is 0.184 e. The topological polar surface area (TPSA) is 77.4 Å². The van der Waals surface area contributed by atoms with E-state index in [2.05, 4.69) is 0 Å². The summed E-state index contributed by atoms with van der Waals surface area (Å²) in [5, 5.41) is 19.4. The van der Waals surface area contributed by atoms with E-state index in [9.17, 15) is 10.2 Å². The van der Waals surface area contributed by atoms with Crippen molar-refractivity contribution in [1.29, 1.82) is 0 Å². The van der Waals surface area contributed by atoms with Crippen molar-refractivity contribution in [3.8, 4) is 0 Å². The third-order valence-electron chi connectivity index (χ3n) is 2.75. The van der Waals surface area contributed by atoms with E-state index in [0.717, 1.165) is 0 Å². The third kappa shape index (κ3) is 2.01. The SMILES string of the molecule is CO[C@H]1[C@H](O)[C@@H]2OC(C)OC[C@H]2O[C@@H]1O. The molecule has 6 nitrogen and oxygen atoms in total. The largest absolute Gasteiger partial charge is 0.387 e. The van der Waals surface area contributed by atoms with Crippen LogP contribution in [0.5, 0.6) is 0 Å². The van der Waals surface area contributed by atoms with Crippen molar-refractivity contribution in [2.45, 2.75) is 43.9 Å². The van der Waals surface area contributed by atoms with Crippen LogP contribution in [0.1, 0.15) is 6.92 Å². The molecule has 2 rings (SSSR count). The summed E-state index contributed by atoms with van der Waals surface area (Å²) in [5.74, 6) is 0. The molecule has 0 saturated carbocycles. The van der Waals surface area contributed by atoms with Crippen LogP contribution in [-0.4, -0.2) is 60.9 Å². The lowest BCUT2D eigenvalue weighted by Gasteiger charge is -2.45. The predicted molar refractivity (Wildman–Crippen MR) is 48.0 cm³/mol. The van der Waals surface area contributed by atoms with E-state index in [0.29, 0.717) is 6.61 Å². The van der Waals surface area contributed by atoms with Gasteiger partial charge in [0.25, 0.3) is 0 Å². The van der Waals surface area contributed by atoms with E-state index in [1.54, 1.807) is 6.92 Å². The number of rotatable bonds is 1. The molecule has 6 atom stereocenters. The number of aliphatic hydroxyl groups is 2. The highest BCUT2D eigenvalue weighted by molar-refractivity contribution is 4.92. The molecule has 0 aromatic heterocycles. The van der Waals surface area contributed by atoms with Gasteiger partial charge in [0.15, 0.2) is 12.6 Å². The van der Waals surface area contributed by atoms with Crippen LogP contribution in [0.2, 0.25) is 0 Å². The van der Waals surface area contributed by atoms with Crippen molar-refractivity contribution >= 4 is 0 Å². The quantitative estimate of drug-likeness (QED) is 0.580. The first-order chi connectivity index (χ1) is 7.13. The fraction of sp³-hybridized carbons (Fsp3) is 1.00. The molecule has 0 aromatic carbocycles. The molecule has 2 N–H and O–H groups in total. The van der Waals surface area contributed by atoms with Gasteiger partial charge in [0, 0.05) is 7.11 Å². The second-order valence-corrected chi connectivity index (χ2v) is 3.76. The van der Waals surface area contributed by atoms with Crippen LogP contribution in [0, 0.1) is 0 Å². The Kier molecular flexibility index (Phi) is 3.24. The fourth-order valence-electron chi connectivity index (χ4n) is 1.96. The highest BCUT2D eigenvalue weighted by atomic mass is 16.7. The minimum atomic E-state index is -1.15. The average Bonchev–Trinajstić information content (AvgIpc) is 2.20. The molecule has 15 heavy (non-hydrogen) atoms. The molecular weight excluding hydrogens is 204 g/mol. The van der Waals surface area contributed by atoms with Crippen LogP contribution in [0.3, 0.4) is 0 Å². The standard InChI is InChI=1S/C9H16O6/c1-4-13-3-5-7(14-4)6(10)8(12-2)9(11)15-5/h4-11H,3H2,1-2H3/t4?,5-,6-,7-,8+,9+/m1/s1. The molecular formula is C9H16O6. The molecule has 0 aromatic rings. The number of methoxy groups -OCH3 is 1. The molecule has 1 unspecified atom stereocenters. The lowest BCUT2D eigenvalue weighted by molar-refractivity contribution is -0.351. The van der Waals surface area contributed by atoms with E-state index in [-0.39, 0.29) is 6.29 Å². The van der Waals surface area contributed by atoms with E-state index in [1.165, 1.54) is 7.11 Å². The Hall–Kier alpha value is -0.240. The molecule has 0 radical (unpaired) electrons. The van der Waals surface area contributed by atoms with Gasteiger partial charge in [-0.1, -0.05) is 0 Å². The van der Waals surface area contributed by atoms with Gasteiger partial charge in [-0.2, -0.15) is 0 Å².